The average Bonchev–Trinajstić information content (AvgIpc) is 2.29. The van der Waals surface area contributed by atoms with Crippen LogP contribution in [-0.4, -0.2) is 19.4 Å². The molecule has 2 nitrogen and oxygen atoms in total. The number of hydrogen-bond acceptors (Lipinski definition) is 2. The van der Waals surface area contributed by atoms with E-state index in [9.17, 15) is 9.18 Å². The molecule has 0 amide bonds. The molecule has 0 radical (unpaired) electrons. The van der Waals surface area contributed by atoms with Gasteiger partial charge < -0.3 is 4.90 Å². The lowest BCUT2D eigenvalue weighted by atomic mass is 10.1. The molecule has 0 spiro atoms. The number of unbranched alkanes of at least 4 members (excludes halogenated alkanes) is 2. The Kier molecular flexibility index (Phi) is 5.13. The van der Waals surface area contributed by atoms with Gasteiger partial charge in [-0.15, -0.1) is 0 Å². The first-order chi connectivity index (χ1) is 8.06. The highest BCUT2D eigenvalue weighted by Crippen LogP contribution is 2.21. The fourth-order valence-corrected chi connectivity index (χ4v) is 1.84. The molecular weight excluding hydrogens is 217 g/mol. The van der Waals surface area contributed by atoms with E-state index in [0.717, 1.165) is 25.1 Å². The molecule has 0 unspecified atom stereocenters. The lowest BCUT2D eigenvalue weighted by molar-refractivity contribution is 0.101. The van der Waals surface area contributed by atoms with Crippen molar-refractivity contribution in [3.05, 3.63) is 29.6 Å². The van der Waals surface area contributed by atoms with Crippen molar-refractivity contribution in [1.82, 2.24) is 0 Å². The molecule has 0 N–H and O–H groups in total. The fourth-order valence-electron chi connectivity index (χ4n) is 1.84. The van der Waals surface area contributed by atoms with E-state index in [4.69, 9.17) is 0 Å². The Balaban J connectivity index is 2.84. The molecule has 0 heterocycles. The van der Waals surface area contributed by atoms with Gasteiger partial charge in [0, 0.05) is 24.8 Å². The minimum Gasteiger partial charge on any atom is -0.374 e. The molecule has 94 valence electrons. The Morgan fingerprint density at radius 3 is 2.65 bits per heavy atom. The number of carbonyl (C=O) groups excluding carboxylic acids is 1. The van der Waals surface area contributed by atoms with E-state index in [0.29, 0.717) is 5.56 Å². The van der Waals surface area contributed by atoms with Crippen molar-refractivity contribution in [1.29, 1.82) is 0 Å². The Morgan fingerprint density at radius 2 is 2.06 bits per heavy atom. The maximum atomic E-state index is 13.1. The molecule has 0 aliphatic carbocycles. The van der Waals surface area contributed by atoms with Crippen LogP contribution in [0.1, 0.15) is 43.5 Å². The van der Waals surface area contributed by atoms with Gasteiger partial charge in [-0.2, -0.15) is 0 Å². The van der Waals surface area contributed by atoms with Crippen molar-refractivity contribution < 1.29 is 9.18 Å². The smallest absolute Gasteiger partial charge is 0.161 e. The van der Waals surface area contributed by atoms with Crippen molar-refractivity contribution in [2.75, 3.05) is 18.5 Å². The second-order valence-electron chi connectivity index (χ2n) is 4.35. The van der Waals surface area contributed by atoms with Crippen LogP contribution in [0.5, 0.6) is 0 Å². The molecule has 0 aliphatic heterocycles. The zero-order chi connectivity index (χ0) is 12.8. The third kappa shape index (κ3) is 3.84. The van der Waals surface area contributed by atoms with Crippen molar-refractivity contribution in [2.45, 2.75) is 33.1 Å². The van der Waals surface area contributed by atoms with E-state index >= 15 is 0 Å². The van der Waals surface area contributed by atoms with Gasteiger partial charge in [0.25, 0.3) is 0 Å². The van der Waals surface area contributed by atoms with Crippen LogP contribution in [0.2, 0.25) is 0 Å². The van der Waals surface area contributed by atoms with E-state index in [1.807, 2.05) is 11.9 Å². The van der Waals surface area contributed by atoms with E-state index < -0.39 is 0 Å². The van der Waals surface area contributed by atoms with Crippen LogP contribution >= 0.6 is 0 Å². The van der Waals surface area contributed by atoms with Crippen LogP contribution in [0.15, 0.2) is 18.2 Å². The van der Waals surface area contributed by atoms with Crippen LogP contribution < -0.4 is 4.90 Å². The zero-order valence-corrected chi connectivity index (χ0v) is 10.8. The fraction of sp³-hybridized carbons (Fsp3) is 0.500. The van der Waals surface area contributed by atoms with Crippen molar-refractivity contribution in [3.8, 4) is 0 Å². The Hall–Kier alpha value is -1.38. The molecule has 0 saturated heterocycles. The summed E-state index contributed by atoms with van der Waals surface area (Å²) in [6.45, 7) is 4.51. The molecule has 3 heteroatoms. The third-order valence-electron chi connectivity index (χ3n) is 2.85. The lowest BCUT2D eigenvalue weighted by Crippen LogP contribution is -2.20. The number of ketones is 1. The second kappa shape index (κ2) is 6.38. The van der Waals surface area contributed by atoms with Gasteiger partial charge in [0.1, 0.15) is 5.82 Å². The van der Waals surface area contributed by atoms with Crippen molar-refractivity contribution in [2.24, 2.45) is 0 Å². The molecule has 17 heavy (non-hydrogen) atoms. The number of nitrogens with zero attached hydrogens (tertiary/aromatic N) is 1. The molecular formula is C14H20FNO. The highest BCUT2D eigenvalue weighted by molar-refractivity contribution is 5.99. The summed E-state index contributed by atoms with van der Waals surface area (Å²) in [7, 11) is 1.94. The first-order valence-corrected chi connectivity index (χ1v) is 6.08. The number of halogens is 1. The molecule has 1 aromatic carbocycles. The quantitative estimate of drug-likeness (QED) is 0.556. The number of Topliss-reactive ketones (excluding diaryl/α,β-unsaturated/α-hetero) is 1. The molecule has 0 aromatic heterocycles. The summed E-state index contributed by atoms with van der Waals surface area (Å²) in [5.41, 5.74) is 1.28. The number of benzene rings is 1. The van der Waals surface area contributed by atoms with Crippen LogP contribution in [0, 0.1) is 5.82 Å². The van der Waals surface area contributed by atoms with Crippen LogP contribution in [0.3, 0.4) is 0 Å². The van der Waals surface area contributed by atoms with Gasteiger partial charge in [-0.05, 0) is 31.5 Å². The van der Waals surface area contributed by atoms with Gasteiger partial charge in [-0.3, -0.25) is 4.79 Å². The van der Waals surface area contributed by atoms with Gasteiger partial charge in [0.05, 0.1) is 0 Å². The van der Waals surface area contributed by atoms with E-state index in [-0.39, 0.29) is 11.6 Å². The van der Waals surface area contributed by atoms with Crippen LogP contribution in [-0.2, 0) is 0 Å². The van der Waals surface area contributed by atoms with Gasteiger partial charge in [-0.25, -0.2) is 4.39 Å². The molecule has 1 aromatic rings. The molecule has 0 atom stereocenters. The number of anilines is 1. The lowest BCUT2D eigenvalue weighted by Gasteiger charge is -2.21. The van der Waals surface area contributed by atoms with Gasteiger partial charge >= 0.3 is 0 Å². The minimum absolute atomic E-state index is 0.0955. The zero-order valence-electron chi connectivity index (χ0n) is 10.8. The average molecular weight is 237 g/mol. The monoisotopic (exact) mass is 237 g/mol. The number of hydrogen-bond donors (Lipinski definition) is 0. The van der Waals surface area contributed by atoms with Gasteiger partial charge in [0.15, 0.2) is 5.78 Å². The first kappa shape index (κ1) is 13.7. The molecule has 0 aliphatic rings. The van der Waals surface area contributed by atoms with E-state index in [1.54, 1.807) is 6.07 Å². The minimum atomic E-state index is -0.360. The predicted molar refractivity (Wildman–Crippen MR) is 69.2 cm³/mol. The van der Waals surface area contributed by atoms with Gasteiger partial charge in [-0.1, -0.05) is 19.8 Å². The maximum absolute atomic E-state index is 13.1. The van der Waals surface area contributed by atoms with E-state index in [1.165, 1.54) is 25.5 Å². The summed E-state index contributed by atoms with van der Waals surface area (Å²) in [5, 5.41) is 0. The topological polar surface area (TPSA) is 20.3 Å². The maximum Gasteiger partial charge on any atom is 0.161 e. The molecule has 1 rings (SSSR count). The molecule has 0 fully saturated rings. The highest BCUT2D eigenvalue weighted by Gasteiger charge is 2.11. The standard InChI is InChI=1S/C14H20FNO/c1-4-5-6-9-16(3)14-8-7-12(15)10-13(14)11(2)17/h7-8,10H,4-6,9H2,1-3H3. The number of rotatable bonds is 6. The summed E-state index contributed by atoms with van der Waals surface area (Å²) in [6.07, 6.45) is 3.42. The highest BCUT2D eigenvalue weighted by atomic mass is 19.1. The van der Waals surface area contributed by atoms with Crippen LogP contribution in [0.25, 0.3) is 0 Å². The molecule has 0 bridgehead atoms. The summed E-state index contributed by atoms with van der Waals surface area (Å²) in [6, 6.07) is 4.39. The van der Waals surface area contributed by atoms with Crippen molar-refractivity contribution in [3.63, 3.8) is 0 Å². The SMILES string of the molecule is CCCCCN(C)c1ccc(F)cc1C(C)=O. The molecule has 0 saturated carbocycles. The first-order valence-electron chi connectivity index (χ1n) is 6.08. The largest absolute Gasteiger partial charge is 0.374 e. The summed E-state index contributed by atoms with van der Waals surface area (Å²) >= 11 is 0. The summed E-state index contributed by atoms with van der Waals surface area (Å²) in [5.74, 6) is -0.456. The van der Waals surface area contributed by atoms with Crippen LogP contribution in [0.4, 0.5) is 10.1 Å². The summed E-state index contributed by atoms with van der Waals surface area (Å²) in [4.78, 5) is 13.5. The van der Waals surface area contributed by atoms with E-state index in [2.05, 4.69) is 6.92 Å². The Bertz CT molecular complexity index is 390. The number of carbonyl (C=O) groups is 1. The predicted octanol–water partition coefficient (Wildman–Crippen LogP) is 3.65. The Morgan fingerprint density at radius 1 is 1.35 bits per heavy atom. The van der Waals surface area contributed by atoms with Crippen molar-refractivity contribution >= 4 is 11.5 Å². The third-order valence-corrected chi connectivity index (χ3v) is 2.85. The Labute approximate surface area is 102 Å². The normalized spacial score (nSPS) is 10.4. The summed E-state index contributed by atoms with van der Waals surface area (Å²) < 4.78 is 13.1. The van der Waals surface area contributed by atoms with Gasteiger partial charge in [0.2, 0.25) is 0 Å². The second-order valence-corrected chi connectivity index (χ2v) is 4.35.